The van der Waals surface area contributed by atoms with Gasteiger partial charge in [0.25, 0.3) is 5.91 Å². The molecule has 0 atom stereocenters. The van der Waals surface area contributed by atoms with E-state index in [-0.39, 0.29) is 17.3 Å². The van der Waals surface area contributed by atoms with Gasteiger partial charge in [0, 0.05) is 32.7 Å². The van der Waals surface area contributed by atoms with Crippen LogP contribution < -0.4 is 0 Å². The maximum atomic E-state index is 12.9. The van der Waals surface area contributed by atoms with Gasteiger partial charge in [0.2, 0.25) is 10.0 Å². The number of benzene rings is 1. The van der Waals surface area contributed by atoms with Crippen LogP contribution in [0.2, 0.25) is 0 Å². The highest BCUT2D eigenvalue weighted by Crippen LogP contribution is 2.16. The van der Waals surface area contributed by atoms with E-state index in [0.717, 1.165) is 4.31 Å². The first kappa shape index (κ1) is 24.1. The highest BCUT2D eigenvalue weighted by molar-refractivity contribution is 7.89. The van der Waals surface area contributed by atoms with Crippen LogP contribution in [0.1, 0.15) is 31.1 Å². The SMILES string of the molecule is CN(C)CCN(CC(=O)OC(C)(C)C)C(=O)c1ccc(S(=O)(=O)N(C)C)cc1. The van der Waals surface area contributed by atoms with Gasteiger partial charge in [-0.05, 0) is 59.1 Å². The van der Waals surface area contributed by atoms with E-state index in [4.69, 9.17) is 4.74 Å². The number of ether oxygens (including phenoxy) is 1. The van der Waals surface area contributed by atoms with E-state index < -0.39 is 21.6 Å². The number of rotatable bonds is 8. The fraction of sp³-hybridized carbons (Fsp3) is 0.579. The van der Waals surface area contributed by atoms with Crippen LogP contribution in [-0.4, -0.2) is 87.8 Å². The van der Waals surface area contributed by atoms with Crippen molar-refractivity contribution >= 4 is 21.9 Å². The van der Waals surface area contributed by atoms with Gasteiger partial charge in [-0.25, -0.2) is 12.7 Å². The van der Waals surface area contributed by atoms with Gasteiger partial charge in [0.15, 0.2) is 0 Å². The Balaban J connectivity index is 3.03. The molecule has 8 nitrogen and oxygen atoms in total. The Labute approximate surface area is 168 Å². The summed E-state index contributed by atoms with van der Waals surface area (Å²) in [6.45, 7) is 6.02. The lowest BCUT2D eigenvalue weighted by atomic mass is 10.2. The molecular formula is C19H31N3O5S. The molecule has 1 amide bonds. The van der Waals surface area contributed by atoms with Crippen LogP contribution in [0.4, 0.5) is 0 Å². The predicted octanol–water partition coefficient (Wildman–Crippen LogP) is 1.28. The molecule has 1 aromatic rings. The molecule has 0 spiro atoms. The molecule has 0 N–H and O–H groups in total. The van der Waals surface area contributed by atoms with Gasteiger partial charge in [-0.2, -0.15) is 0 Å². The first-order valence-electron chi connectivity index (χ1n) is 8.92. The van der Waals surface area contributed by atoms with Crippen molar-refractivity contribution in [1.29, 1.82) is 0 Å². The smallest absolute Gasteiger partial charge is 0.326 e. The first-order valence-corrected chi connectivity index (χ1v) is 10.4. The lowest BCUT2D eigenvalue weighted by molar-refractivity contribution is -0.155. The monoisotopic (exact) mass is 413 g/mol. The van der Waals surface area contributed by atoms with Crippen LogP contribution in [0.15, 0.2) is 29.2 Å². The third kappa shape index (κ3) is 7.21. The lowest BCUT2D eigenvalue weighted by Crippen LogP contribution is -2.42. The average molecular weight is 414 g/mol. The minimum Gasteiger partial charge on any atom is -0.459 e. The minimum atomic E-state index is -3.57. The van der Waals surface area contributed by atoms with E-state index >= 15 is 0 Å². The van der Waals surface area contributed by atoms with Crippen molar-refractivity contribution in [2.24, 2.45) is 0 Å². The van der Waals surface area contributed by atoms with Gasteiger partial charge < -0.3 is 14.5 Å². The predicted molar refractivity (Wildman–Crippen MR) is 108 cm³/mol. The molecule has 0 saturated carbocycles. The van der Waals surface area contributed by atoms with Crippen LogP contribution in [0, 0.1) is 0 Å². The van der Waals surface area contributed by atoms with Crippen molar-refractivity contribution in [3.63, 3.8) is 0 Å². The Hall–Kier alpha value is -1.97. The van der Waals surface area contributed by atoms with E-state index in [2.05, 4.69) is 0 Å². The number of hydrogen-bond donors (Lipinski definition) is 0. The number of carbonyl (C=O) groups excluding carboxylic acids is 2. The number of esters is 1. The normalized spacial score (nSPS) is 12.3. The summed E-state index contributed by atoms with van der Waals surface area (Å²) in [6.07, 6.45) is 0. The van der Waals surface area contributed by atoms with Gasteiger partial charge >= 0.3 is 5.97 Å². The average Bonchev–Trinajstić information content (AvgIpc) is 2.56. The van der Waals surface area contributed by atoms with Crippen molar-refractivity contribution < 1.29 is 22.7 Å². The third-order valence-electron chi connectivity index (χ3n) is 3.72. The highest BCUT2D eigenvalue weighted by Gasteiger charge is 2.24. The molecule has 1 rings (SSSR count). The van der Waals surface area contributed by atoms with Crippen molar-refractivity contribution in [3.05, 3.63) is 29.8 Å². The summed E-state index contributed by atoms with van der Waals surface area (Å²) < 4.78 is 30.8. The summed E-state index contributed by atoms with van der Waals surface area (Å²) in [5, 5.41) is 0. The molecule has 0 saturated heterocycles. The van der Waals surface area contributed by atoms with Gasteiger partial charge in [0.05, 0.1) is 4.90 Å². The second-order valence-electron chi connectivity index (χ2n) is 7.93. The maximum absolute atomic E-state index is 12.9. The zero-order valence-electron chi connectivity index (χ0n) is 17.7. The summed E-state index contributed by atoms with van der Waals surface area (Å²) in [7, 11) is 3.06. The van der Waals surface area contributed by atoms with Gasteiger partial charge in [-0.15, -0.1) is 0 Å². The number of sulfonamides is 1. The molecule has 1 aromatic carbocycles. The molecule has 0 bridgehead atoms. The molecular weight excluding hydrogens is 382 g/mol. The number of carbonyl (C=O) groups is 2. The molecule has 0 fully saturated rings. The number of amides is 1. The number of hydrogen-bond acceptors (Lipinski definition) is 6. The van der Waals surface area contributed by atoms with E-state index in [9.17, 15) is 18.0 Å². The molecule has 158 valence electrons. The van der Waals surface area contributed by atoms with Gasteiger partial charge in [0.1, 0.15) is 12.1 Å². The second-order valence-corrected chi connectivity index (χ2v) is 10.1. The summed E-state index contributed by atoms with van der Waals surface area (Å²) >= 11 is 0. The molecule has 0 heterocycles. The molecule has 9 heteroatoms. The topological polar surface area (TPSA) is 87.2 Å². The van der Waals surface area contributed by atoms with Crippen LogP contribution in [-0.2, 0) is 19.6 Å². The molecule has 0 aliphatic heterocycles. The first-order chi connectivity index (χ1) is 12.7. The molecule has 0 radical (unpaired) electrons. The number of likely N-dealkylation sites (N-methyl/N-ethyl adjacent to an activating group) is 1. The van der Waals surface area contributed by atoms with Crippen molar-refractivity contribution in [1.82, 2.24) is 14.1 Å². The zero-order valence-corrected chi connectivity index (χ0v) is 18.5. The Morgan fingerprint density at radius 3 is 1.93 bits per heavy atom. The number of nitrogens with zero attached hydrogens (tertiary/aromatic N) is 3. The molecule has 0 unspecified atom stereocenters. The quantitative estimate of drug-likeness (QED) is 0.597. The van der Waals surface area contributed by atoms with Crippen LogP contribution >= 0.6 is 0 Å². The van der Waals surface area contributed by atoms with Gasteiger partial charge in [-0.1, -0.05) is 0 Å². The maximum Gasteiger partial charge on any atom is 0.326 e. The largest absolute Gasteiger partial charge is 0.459 e. The van der Waals surface area contributed by atoms with Crippen LogP contribution in [0.3, 0.4) is 0 Å². The minimum absolute atomic E-state index is 0.0982. The molecule has 0 aliphatic rings. The van der Waals surface area contributed by atoms with E-state index in [1.165, 1.54) is 43.3 Å². The summed E-state index contributed by atoms with van der Waals surface area (Å²) in [5.41, 5.74) is -0.338. The third-order valence-corrected chi connectivity index (χ3v) is 5.55. The molecule has 0 aliphatic carbocycles. The van der Waals surface area contributed by atoms with E-state index in [1.54, 1.807) is 20.8 Å². The highest BCUT2D eigenvalue weighted by atomic mass is 32.2. The fourth-order valence-corrected chi connectivity index (χ4v) is 3.17. The fourth-order valence-electron chi connectivity index (χ4n) is 2.27. The lowest BCUT2D eigenvalue weighted by Gasteiger charge is -2.26. The second kappa shape index (κ2) is 9.49. The Kier molecular flexibility index (Phi) is 8.16. The van der Waals surface area contributed by atoms with E-state index in [0.29, 0.717) is 18.7 Å². The Morgan fingerprint density at radius 1 is 0.964 bits per heavy atom. The van der Waals surface area contributed by atoms with E-state index in [1.807, 2.05) is 19.0 Å². The van der Waals surface area contributed by atoms with Crippen molar-refractivity contribution in [2.45, 2.75) is 31.3 Å². The standard InChI is InChI=1S/C19H31N3O5S/c1-19(2,3)27-17(23)14-22(13-12-20(4)5)18(24)15-8-10-16(11-9-15)28(25,26)21(6)7/h8-11H,12-14H2,1-7H3. The van der Waals surface area contributed by atoms with Crippen molar-refractivity contribution in [3.8, 4) is 0 Å². The summed E-state index contributed by atoms with van der Waals surface area (Å²) in [6, 6.07) is 5.69. The Morgan fingerprint density at radius 2 is 1.50 bits per heavy atom. The molecule has 28 heavy (non-hydrogen) atoms. The molecule has 0 aromatic heterocycles. The van der Waals surface area contributed by atoms with Crippen LogP contribution in [0.25, 0.3) is 0 Å². The Bertz CT molecular complexity index is 781. The summed E-state index contributed by atoms with van der Waals surface area (Å²) in [5.74, 6) is -0.854. The zero-order chi connectivity index (χ0) is 21.7. The van der Waals surface area contributed by atoms with Crippen LogP contribution in [0.5, 0.6) is 0 Å². The van der Waals surface area contributed by atoms with Crippen molar-refractivity contribution in [2.75, 3.05) is 47.8 Å². The summed E-state index contributed by atoms with van der Waals surface area (Å²) in [4.78, 5) is 28.5. The van der Waals surface area contributed by atoms with Gasteiger partial charge in [-0.3, -0.25) is 9.59 Å².